The van der Waals surface area contributed by atoms with Crippen LogP contribution in [0, 0.1) is 0 Å². The van der Waals surface area contributed by atoms with Crippen molar-refractivity contribution in [3.8, 4) is 0 Å². The lowest BCUT2D eigenvalue weighted by atomic mass is 9.87. The number of nitrogens with one attached hydrogen (secondary N) is 1. The SMILES string of the molecule is CC1=C(C)C(c2ccccc2C(C)Nc2ccccc2)C=C1. The van der Waals surface area contributed by atoms with Gasteiger partial charge in [-0.05, 0) is 44.0 Å². The molecule has 0 amide bonds. The maximum absolute atomic E-state index is 3.61. The van der Waals surface area contributed by atoms with Crippen LogP contribution in [0.4, 0.5) is 5.69 Å². The van der Waals surface area contributed by atoms with Gasteiger partial charge in [-0.2, -0.15) is 0 Å². The predicted molar refractivity (Wildman–Crippen MR) is 95.2 cm³/mol. The van der Waals surface area contributed by atoms with Crippen LogP contribution in [0.5, 0.6) is 0 Å². The van der Waals surface area contributed by atoms with Crippen molar-refractivity contribution in [3.05, 3.63) is 89.0 Å². The molecule has 0 aromatic heterocycles. The Morgan fingerprint density at radius 3 is 2.27 bits per heavy atom. The van der Waals surface area contributed by atoms with E-state index in [1.54, 1.807) is 0 Å². The summed E-state index contributed by atoms with van der Waals surface area (Å²) in [5, 5.41) is 3.61. The summed E-state index contributed by atoms with van der Waals surface area (Å²) in [6.07, 6.45) is 4.56. The summed E-state index contributed by atoms with van der Waals surface area (Å²) in [5.41, 5.74) is 6.79. The van der Waals surface area contributed by atoms with Crippen molar-refractivity contribution in [1.82, 2.24) is 0 Å². The van der Waals surface area contributed by atoms with Crippen LogP contribution in [0.25, 0.3) is 0 Å². The van der Waals surface area contributed by atoms with Crippen LogP contribution >= 0.6 is 0 Å². The van der Waals surface area contributed by atoms with Crippen molar-refractivity contribution in [2.75, 3.05) is 5.32 Å². The number of para-hydroxylation sites is 1. The van der Waals surface area contributed by atoms with E-state index in [2.05, 4.69) is 86.8 Å². The minimum atomic E-state index is 0.278. The summed E-state index contributed by atoms with van der Waals surface area (Å²) < 4.78 is 0. The molecule has 0 heterocycles. The first-order valence-electron chi connectivity index (χ1n) is 7.93. The van der Waals surface area contributed by atoms with Gasteiger partial charge >= 0.3 is 0 Å². The van der Waals surface area contributed by atoms with Crippen LogP contribution in [0.15, 0.2) is 77.9 Å². The van der Waals surface area contributed by atoms with E-state index in [1.807, 2.05) is 6.07 Å². The van der Waals surface area contributed by atoms with E-state index in [1.165, 1.54) is 22.3 Å². The average Bonchev–Trinajstić information content (AvgIpc) is 2.88. The first-order chi connectivity index (χ1) is 10.7. The maximum Gasteiger partial charge on any atom is 0.0488 e. The van der Waals surface area contributed by atoms with Crippen LogP contribution in [-0.2, 0) is 0 Å². The summed E-state index contributed by atoms with van der Waals surface area (Å²) in [7, 11) is 0. The fraction of sp³-hybridized carbons (Fsp3) is 0.238. The molecule has 1 aliphatic carbocycles. The fourth-order valence-electron chi connectivity index (χ4n) is 3.15. The van der Waals surface area contributed by atoms with Crippen LogP contribution in [-0.4, -0.2) is 0 Å². The van der Waals surface area contributed by atoms with Gasteiger partial charge in [0, 0.05) is 17.6 Å². The van der Waals surface area contributed by atoms with Gasteiger partial charge in [-0.1, -0.05) is 65.8 Å². The number of anilines is 1. The van der Waals surface area contributed by atoms with Gasteiger partial charge < -0.3 is 5.32 Å². The molecule has 2 atom stereocenters. The second kappa shape index (κ2) is 6.23. The molecule has 1 heteroatoms. The number of hydrogen-bond donors (Lipinski definition) is 1. The van der Waals surface area contributed by atoms with Gasteiger partial charge in [-0.15, -0.1) is 0 Å². The molecule has 2 aromatic rings. The van der Waals surface area contributed by atoms with Crippen molar-refractivity contribution >= 4 is 5.69 Å². The molecular formula is C21H23N. The highest BCUT2D eigenvalue weighted by molar-refractivity contribution is 5.51. The van der Waals surface area contributed by atoms with Gasteiger partial charge in [0.25, 0.3) is 0 Å². The summed E-state index contributed by atoms with van der Waals surface area (Å²) in [6.45, 7) is 6.67. The summed E-state index contributed by atoms with van der Waals surface area (Å²) in [4.78, 5) is 0. The lowest BCUT2D eigenvalue weighted by molar-refractivity contribution is 0.846. The third-order valence-corrected chi connectivity index (χ3v) is 4.58. The fourth-order valence-corrected chi connectivity index (χ4v) is 3.15. The van der Waals surface area contributed by atoms with Crippen molar-refractivity contribution in [3.63, 3.8) is 0 Å². The molecule has 1 aliphatic rings. The molecule has 0 fully saturated rings. The lowest BCUT2D eigenvalue weighted by Crippen LogP contribution is -2.11. The monoisotopic (exact) mass is 289 g/mol. The molecule has 0 saturated carbocycles. The number of allylic oxidation sites excluding steroid dienone is 4. The zero-order valence-corrected chi connectivity index (χ0v) is 13.5. The molecule has 22 heavy (non-hydrogen) atoms. The zero-order chi connectivity index (χ0) is 15.5. The molecule has 112 valence electrons. The topological polar surface area (TPSA) is 12.0 Å². The Morgan fingerprint density at radius 1 is 0.909 bits per heavy atom. The van der Waals surface area contributed by atoms with Gasteiger partial charge in [0.05, 0.1) is 0 Å². The van der Waals surface area contributed by atoms with E-state index in [9.17, 15) is 0 Å². The Morgan fingerprint density at radius 2 is 1.59 bits per heavy atom. The van der Waals surface area contributed by atoms with E-state index in [0.29, 0.717) is 5.92 Å². The van der Waals surface area contributed by atoms with E-state index >= 15 is 0 Å². The van der Waals surface area contributed by atoms with Gasteiger partial charge in [-0.3, -0.25) is 0 Å². The first kappa shape index (κ1) is 14.6. The van der Waals surface area contributed by atoms with Gasteiger partial charge in [0.2, 0.25) is 0 Å². The minimum Gasteiger partial charge on any atom is -0.379 e. The molecule has 0 spiro atoms. The van der Waals surface area contributed by atoms with Crippen LogP contribution < -0.4 is 5.32 Å². The Hall–Kier alpha value is -2.28. The largest absolute Gasteiger partial charge is 0.379 e. The number of hydrogen-bond acceptors (Lipinski definition) is 1. The van der Waals surface area contributed by atoms with Crippen molar-refractivity contribution in [2.24, 2.45) is 0 Å². The number of benzene rings is 2. The maximum atomic E-state index is 3.61. The minimum absolute atomic E-state index is 0.278. The number of rotatable bonds is 4. The van der Waals surface area contributed by atoms with E-state index in [4.69, 9.17) is 0 Å². The Bertz CT molecular complexity index is 710. The second-order valence-corrected chi connectivity index (χ2v) is 6.06. The molecule has 2 aromatic carbocycles. The molecular weight excluding hydrogens is 266 g/mol. The van der Waals surface area contributed by atoms with Crippen molar-refractivity contribution < 1.29 is 0 Å². The molecule has 1 N–H and O–H groups in total. The van der Waals surface area contributed by atoms with Crippen LogP contribution in [0.2, 0.25) is 0 Å². The molecule has 0 bridgehead atoms. The third kappa shape index (κ3) is 2.85. The summed E-state index contributed by atoms with van der Waals surface area (Å²) in [6, 6.07) is 19.5. The van der Waals surface area contributed by atoms with Crippen LogP contribution in [0.3, 0.4) is 0 Å². The Balaban J connectivity index is 1.90. The highest BCUT2D eigenvalue weighted by Gasteiger charge is 2.21. The molecule has 1 nitrogen and oxygen atoms in total. The first-order valence-corrected chi connectivity index (χ1v) is 7.93. The standard InChI is InChI=1S/C21H23N/c1-15-13-14-19(16(15)2)21-12-8-7-11-20(21)17(3)22-18-9-5-4-6-10-18/h4-14,17,19,22H,1-3H3. The quantitative estimate of drug-likeness (QED) is 0.744. The Kier molecular flexibility index (Phi) is 4.15. The molecule has 0 saturated heterocycles. The van der Waals surface area contributed by atoms with E-state index in [-0.39, 0.29) is 6.04 Å². The van der Waals surface area contributed by atoms with E-state index < -0.39 is 0 Å². The molecule has 3 rings (SSSR count). The van der Waals surface area contributed by atoms with Crippen molar-refractivity contribution in [1.29, 1.82) is 0 Å². The van der Waals surface area contributed by atoms with Gasteiger partial charge in [-0.25, -0.2) is 0 Å². The summed E-state index contributed by atoms with van der Waals surface area (Å²) >= 11 is 0. The smallest absolute Gasteiger partial charge is 0.0488 e. The second-order valence-electron chi connectivity index (χ2n) is 6.06. The van der Waals surface area contributed by atoms with Gasteiger partial charge in [0.15, 0.2) is 0 Å². The average molecular weight is 289 g/mol. The lowest BCUT2D eigenvalue weighted by Gasteiger charge is -2.22. The van der Waals surface area contributed by atoms with Crippen molar-refractivity contribution in [2.45, 2.75) is 32.7 Å². The summed E-state index contributed by atoms with van der Waals surface area (Å²) in [5.74, 6) is 0.413. The third-order valence-electron chi connectivity index (χ3n) is 4.58. The molecule has 2 unspecified atom stereocenters. The molecule has 0 aliphatic heterocycles. The predicted octanol–water partition coefficient (Wildman–Crippen LogP) is 5.85. The van der Waals surface area contributed by atoms with Gasteiger partial charge in [0.1, 0.15) is 0 Å². The highest BCUT2D eigenvalue weighted by atomic mass is 14.9. The zero-order valence-electron chi connectivity index (χ0n) is 13.5. The van der Waals surface area contributed by atoms with Crippen LogP contribution in [0.1, 0.15) is 43.9 Å². The van der Waals surface area contributed by atoms with E-state index in [0.717, 1.165) is 5.69 Å². The Labute approximate surface area is 133 Å². The molecule has 0 radical (unpaired) electrons. The highest BCUT2D eigenvalue weighted by Crippen LogP contribution is 2.37. The normalized spacial score (nSPS) is 18.6.